The molecule has 0 bridgehead atoms. The maximum Gasteiger partial charge on any atom is 0.411 e. The quantitative estimate of drug-likeness (QED) is 0.543. The molecule has 2 heterocycles. The van der Waals surface area contributed by atoms with Crippen molar-refractivity contribution >= 4 is 11.8 Å². The van der Waals surface area contributed by atoms with Crippen LogP contribution in [-0.2, 0) is 15.9 Å². The zero-order valence-electron chi connectivity index (χ0n) is 18.1. The van der Waals surface area contributed by atoms with Crippen LogP contribution in [0.25, 0.3) is 5.69 Å². The Morgan fingerprint density at radius 1 is 1.12 bits per heavy atom. The van der Waals surface area contributed by atoms with Crippen LogP contribution in [0.1, 0.15) is 24.1 Å². The Morgan fingerprint density at radius 2 is 1.85 bits per heavy atom. The highest BCUT2D eigenvalue weighted by Crippen LogP contribution is 2.18. The van der Waals surface area contributed by atoms with Crippen molar-refractivity contribution in [2.45, 2.75) is 19.3 Å². The van der Waals surface area contributed by atoms with E-state index in [0.29, 0.717) is 31.1 Å². The maximum atomic E-state index is 13.6. The van der Waals surface area contributed by atoms with Crippen LogP contribution in [0, 0.1) is 23.4 Å². The highest BCUT2D eigenvalue weighted by atomic mass is 19.2. The number of ether oxygens (including phenoxy) is 2. The first-order chi connectivity index (χ1) is 16.4. The van der Waals surface area contributed by atoms with E-state index in [1.807, 2.05) is 0 Å². The molecule has 0 radical (unpaired) electrons. The maximum absolute atomic E-state index is 13.6. The van der Waals surface area contributed by atoms with Gasteiger partial charge in [0.1, 0.15) is 5.69 Å². The van der Waals surface area contributed by atoms with Gasteiger partial charge in [-0.25, -0.2) is 22.6 Å². The SMILES string of the molecule is O=C(Nc1cccc(Cc2nn(-c3cc(F)c(F)c(F)c3)ccc2=O)c1)OCC1CCOCC1. The van der Waals surface area contributed by atoms with E-state index >= 15 is 0 Å². The molecular weight excluding hydrogens is 451 g/mol. The molecule has 0 aliphatic carbocycles. The second-order valence-corrected chi connectivity index (χ2v) is 7.95. The Morgan fingerprint density at radius 3 is 2.59 bits per heavy atom. The summed E-state index contributed by atoms with van der Waals surface area (Å²) in [7, 11) is 0. The summed E-state index contributed by atoms with van der Waals surface area (Å²) < 4.78 is 52.1. The normalized spacial score (nSPS) is 14.1. The molecular formula is C24H22F3N3O4. The number of hydrogen-bond acceptors (Lipinski definition) is 5. The highest BCUT2D eigenvalue weighted by Gasteiger charge is 2.16. The average Bonchev–Trinajstić information content (AvgIpc) is 2.83. The second-order valence-electron chi connectivity index (χ2n) is 7.95. The number of benzene rings is 2. The third-order valence-corrected chi connectivity index (χ3v) is 5.45. The molecule has 178 valence electrons. The van der Waals surface area contributed by atoms with E-state index in [0.717, 1.165) is 29.7 Å². The smallest absolute Gasteiger partial charge is 0.411 e. The van der Waals surface area contributed by atoms with Gasteiger partial charge in [0.15, 0.2) is 17.5 Å². The van der Waals surface area contributed by atoms with E-state index in [4.69, 9.17) is 9.47 Å². The van der Waals surface area contributed by atoms with E-state index in [1.54, 1.807) is 24.3 Å². The predicted octanol–water partition coefficient (Wildman–Crippen LogP) is 4.22. The third-order valence-electron chi connectivity index (χ3n) is 5.45. The van der Waals surface area contributed by atoms with E-state index < -0.39 is 23.5 Å². The highest BCUT2D eigenvalue weighted by molar-refractivity contribution is 5.84. The van der Waals surface area contributed by atoms with Crippen LogP contribution < -0.4 is 10.7 Å². The van der Waals surface area contributed by atoms with Crippen molar-refractivity contribution in [3.63, 3.8) is 0 Å². The molecule has 1 saturated heterocycles. The Labute approximate surface area is 193 Å². The molecule has 1 amide bonds. The van der Waals surface area contributed by atoms with Gasteiger partial charge in [-0.2, -0.15) is 5.10 Å². The van der Waals surface area contributed by atoms with E-state index in [2.05, 4.69) is 10.4 Å². The summed E-state index contributed by atoms with van der Waals surface area (Å²) in [5.74, 6) is -4.03. The molecule has 1 aromatic heterocycles. The van der Waals surface area contributed by atoms with E-state index in [-0.39, 0.29) is 29.1 Å². The van der Waals surface area contributed by atoms with Crippen molar-refractivity contribution in [1.29, 1.82) is 0 Å². The van der Waals surface area contributed by atoms with E-state index in [1.165, 1.54) is 12.3 Å². The summed E-state index contributed by atoms with van der Waals surface area (Å²) in [5, 5.41) is 6.81. The van der Waals surface area contributed by atoms with Crippen LogP contribution in [-0.4, -0.2) is 35.7 Å². The van der Waals surface area contributed by atoms with Gasteiger partial charge in [0.25, 0.3) is 0 Å². The van der Waals surface area contributed by atoms with E-state index in [9.17, 15) is 22.8 Å². The van der Waals surface area contributed by atoms with Crippen molar-refractivity contribution in [3.05, 3.63) is 87.6 Å². The summed E-state index contributed by atoms with van der Waals surface area (Å²) in [6, 6.07) is 9.58. The van der Waals surface area contributed by atoms with Gasteiger partial charge < -0.3 is 9.47 Å². The van der Waals surface area contributed by atoms with Gasteiger partial charge in [-0.1, -0.05) is 12.1 Å². The van der Waals surface area contributed by atoms with Crippen molar-refractivity contribution in [1.82, 2.24) is 9.78 Å². The molecule has 4 rings (SSSR count). The Kier molecular flexibility index (Phi) is 7.27. The van der Waals surface area contributed by atoms with Gasteiger partial charge in [0, 0.05) is 49.7 Å². The lowest BCUT2D eigenvalue weighted by Gasteiger charge is -2.21. The Hall–Kier alpha value is -3.66. The fraction of sp³-hybridized carbons (Fsp3) is 0.292. The first-order valence-corrected chi connectivity index (χ1v) is 10.7. The van der Waals surface area contributed by atoms with Crippen molar-refractivity contribution in [2.75, 3.05) is 25.1 Å². The molecule has 3 aromatic rings. The van der Waals surface area contributed by atoms with Gasteiger partial charge in [0.05, 0.1) is 12.3 Å². The third kappa shape index (κ3) is 5.82. The molecule has 1 aliphatic rings. The molecule has 1 aliphatic heterocycles. The van der Waals surface area contributed by atoms with Crippen LogP contribution in [0.5, 0.6) is 0 Å². The number of anilines is 1. The Balaban J connectivity index is 1.45. The summed E-state index contributed by atoms with van der Waals surface area (Å²) >= 11 is 0. The fourth-order valence-corrected chi connectivity index (χ4v) is 3.60. The van der Waals surface area contributed by atoms with Gasteiger partial charge in [0.2, 0.25) is 5.43 Å². The lowest BCUT2D eigenvalue weighted by atomic mass is 10.0. The summed E-state index contributed by atoms with van der Waals surface area (Å²) in [6.07, 6.45) is 2.45. The van der Waals surface area contributed by atoms with Gasteiger partial charge in [-0.3, -0.25) is 10.1 Å². The number of rotatable bonds is 6. The van der Waals surface area contributed by atoms with Gasteiger partial charge >= 0.3 is 6.09 Å². The van der Waals surface area contributed by atoms with Gasteiger partial charge in [-0.15, -0.1) is 0 Å². The second kappa shape index (κ2) is 10.5. The molecule has 1 N–H and O–H groups in total. The number of carbonyl (C=O) groups is 1. The number of hydrogen-bond donors (Lipinski definition) is 1. The minimum Gasteiger partial charge on any atom is -0.449 e. The molecule has 0 atom stereocenters. The first-order valence-electron chi connectivity index (χ1n) is 10.7. The molecule has 1 fully saturated rings. The number of carbonyl (C=O) groups excluding carboxylic acids is 1. The molecule has 7 nitrogen and oxygen atoms in total. The zero-order valence-corrected chi connectivity index (χ0v) is 18.1. The minimum absolute atomic E-state index is 0.0691. The van der Waals surface area contributed by atoms with Crippen LogP contribution in [0.2, 0.25) is 0 Å². The van der Waals surface area contributed by atoms with Crippen molar-refractivity contribution in [2.24, 2.45) is 5.92 Å². The molecule has 0 spiro atoms. The van der Waals surface area contributed by atoms with Crippen molar-refractivity contribution < 1.29 is 27.4 Å². The predicted molar refractivity (Wildman–Crippen MR) is 117 cm³/mol. The summed E-state index contributed by atoms with van der Waals surface area (Å²) in [4.78, 5) is 24.5. The largest absolute Gasteiger partial charge is 0.449 e. The number of halogens is 3. The number of aromatic nitrogens is 2. The van der Waals surface area contributed by atoms with Crippen LogP contribution in [0.3, 0.4) is 0 Å². The Bertz CT molecular complexity index is 1220. The number of nitrogens with zero attached hydrogens (tertiary/aromatic N) is 2. The fourth-order valence-electron chi connectivity index (χ4n) is 3.60. The topological polar surface area (TPSA) is 82.5 Å². The first kappa shape index (κ1) is 23.5. The zero-order chi connectivity index (χ0) is 24.1. The number of nitrogens with one attached hydrogen (secondary N) is 1. The van der Waals surface area contributed by atoms with Gasteiger partial charge in [-0.05, 0) is 36.5 Å². The summed E-state index contributed by atoms with van der Waals surface area (Å²) in [5.41, 5.74) is 0.801. The van der Waals surface area contributed by atoms with Crippen LogP contribution in [0.15, 0.2) is 53.5 Å². The molecule has 34 heavy (non-hydrogen) atoms. The molecule has 0 unspecified atom stereocenters. The standard InChI is InChI=1S/C24H22F3N3O4/c25-19-12-18(13-20(26)23(19)27)30-7-4-22(31)21(29-30)11-16-2-1-3-17(10-16)28-24(32)34-14-15-5-8-33-9-6-15/h1-4,7,10,12-13,15H,5-6,8-9,11,14H2,(H,28,32). The molecule has 10 heteroatoms. The average molecular weight is 473 g/mol. The monoisotopic (exact) mass is 473 g/mol. The number of amides is 1. The van der Waals surface area contributed by atoms with Crippen LogP contribution in [0.4, 0.5) is 23.7 Å². The van der Waals surface area contributed by atoms with Crippen molar-refractivity contribution in [3.8, 4) is 5.69 Å². The summed E-state index contributed by atoms with van der Waals surface area (Å²) in [6.45, 7) is 1.64. The minimum atomic E-state index is -1.58. The lowest BCUT2D eigenvalue weighted by molar-refractivity contribution is 0.0405. The molecule has 2 aromatic carbocycles. The van der Waals surface area contributed by atoms with Crippen LogP contribution >= 0.6 is 0 Å². The lowest BCUT2D eigenvalue weighted by Crippen LogP contribution is -2.23. The molecule has 0 saturated carbocycles.